The van der Waals surface area contributed by atoms with Gasteiger partial charge in [-0.2, -0.15) is 0 Å². The molecule has 5 heteroatoms. The zero-order valence-electron chi connectivity index (χ0n) is 8.67. The van der Waals surface area contributed by atoms with Crippen LogP contribution >= 0.6 is 0 Å². The summed E-state index contributed by atoms with van der Waals surface area (Å²) >= 11 is 0. The summed E-state index contributed by atoms with van der Waals surface area (Å²) in [5.74, 6) is -0.249. The van der Waals surface area contributed by atoms with E-state index < -0.39 is 6.10 Å². The van der Waals surface area contributed by atoms with Crippen LogP contribution in [0.3, 0.4) is 0 Å². The first kappa shape index (κ1) is 12.9. The third kappa shape index (κ3) is 8.99. The van der Waals surface area contributed by atoms with Crippen molar-refractivity contribution >= 4 is 11.8 Å². The van der Waals surface area contributed by atoms with Gasteiger partial charge in [0.25, 0.3) is 0 Å². The highest BCUT2D eigenvalue weighted by atomic mass is 16.3. The minimum atomic E-state index is -0.398. The van der Waals surface area contributed by atoms with Crippen LogP contribution in [0, 0.1) is 0 Å². The van der Waals surface area contributed by atoms with Crippen molar-refractivity contribution in [2.45, 2.75) is 32.8 Å². The van der Waals surface area contributed by atoms with Crippen molar-refractivity contribution in [3.05, 3.63) is 0 Å². The molecule has 0 saturated heterocycles. The summed E-state index contributed by atoms with van der Waals surface area (Å²) in [5, 5.41) is 14.1. The molecule has 0 aromatic rings. The molecule has 0 aliphatic heterocycles. The Morgan fingerprint density at radius 3 is 2.43 bits per heavy atom. The smallest absolute Gasteiger partial charge is 0.221 e. The fraction of sp³-hybridized carbons (Fsp3) is 0.778. The minimum Gasteiger partial charge on any atom is -0.393 e. The van der Waals surface area contributed by atoms with Crippen molar-refractivity contribution in [1.29, 1.82) is 0 Å². The molecule has 0 heterocycles. The maximum atomic E-state index is 11.1. The number of carbonyl (C=O) groups excluding carboxylic acids is 2. The van der Waals surface area contributed by atoms with Gasteiger partial charge >= 0.3 is 0 Å². The van der Waals surface area contributed by atoms with E-state index in [9.17, 15) is 9.59 Å². The van der Waals surface area contributed by atoms with Gasteiger partial charge in [0, 0.05) is 26.4 Å². The van der Waals surface area contributed by atoms with Crippen molar-refractivity contribution in [2.24, 2.45) is 0 Å². The van der Waals surface area contributed by atoms with Crippen LogP contribution in [0.2, 0.25) is 0 Å². The number of aliphatic hydroxyl groups excluding tert-OH is 1. The third-order valence-electron chi connectivity index (χ3n) is 1.61. The van der Waals surface area contributed by atoms with E-state index in [0.717, 1.165) is 0 Å². The summed E-state index contributed by atoms with van der Waals surface area (Å²) in [6.45, 7) is 3.90. The first-order valence-corrected chi connectivity index (χ1v) is 4.71. The highest BCUT2D eigenvalue weighted by Crippen LogP contribution is 1.86. The SMILES string of the molecule is CC(=O)NCCC(=O)NCCC(C)O. The van der Waals surface area contributed by atoms with Gasteiger partial charge in [0.15, 0.2) is 0 Å². The van der Waals surface area contributed by atoms with Gasteiger partial charge in [-0.3, -0.25) is 9.59 Å². The quantitative estimate of drug-likeness (QED) is 0.538. The minimum absolute atomic E-state index is 0.112. The van der Waals surface area contributed by atoms with Crippen LogP contribution in [0.15, 0.2) is 0 Å². The fourth-order valence-corrected chi connectivity index (χ4v) is 0.861. The summed E-state index contributed by atoms with van der Waals surface area (Å²) in [5.41, 5.74) is 0. The van der Waals surface area contributed by atoms with Crippen LogP contribution in [0.5, 0.6) is 0 Å². The van der Waals surface area contributed by atoms with E-state index in [1.165, 1.54) is 6.92 Å². The molecule has 14 heavy (non-hydrogen) atoms. The molecule has 3 N–H and O–H groups in total. The van der Waals surface area contributed by atoms with Gasteiger partial charge in [0.05, 0.1) is 6.10 Å². The summed E-state index contributed by atoms with van der Waals surface area (Å²) in [4.78, 5) is 21.5. The average molecular weight is 202 g/mol. The molecule has 0 rings (SSSR count). The predicted octanol–water partition coefficient (Wildman–Crippen LogP) is -0.600. The highest BCUT2D eigenvalue weighted by Gasteiger charge is 2.01. The van der Waals surface area contributed by atoms with Crippen LogP contribution in [-0.2, 0) is 9.59 Å². The molecule has 0 aliphatic rings. The van der Waals surface area contributed by atoms with Gasteiger partial charge in [-0.1, -0.05) is 0 Å². The molecule has 0 aromatic carbocycles. The van der Waals surface area contributed by atoms with E-state index in [1.807, 2.05) is 0 Å². The Kier molecular flexibility index (Phi) is 6.74. The standard InChI is InChI=1S/C9H18N2O3/c1-7(12)3-5-11-9(14)4-6-10-8(2)13/h7,12H,3-6H2,1-2H3,(H,10,13)(H,11,14). The van der Waals surface area contributed by atoms with Gasteiger partial charge in [0.1, 0.15) is 0 Å². The van der Waals surface area contributed by atoms with Crippen molar-refractivity contribution in [3.63, 3.8) is 0 Å². The first-order chi connectivity index (χ1) is 6.52. The molecule has 2 amide bonds. The maximum Gasteiger partial charge on any atom is 0.221 e. The molecule has 0 spiro atoms. The van der Waals surface area contributed by atoms with Gasteiger partial charge < -0.3 is 15.7 Å². The van der Waals surface area contributed by atoms with E-state index in [1.54, 1.807) is 6.92 Å². The third-order valence-corrected chi connectivity index (χ3v) is 1.61. The van der Waals surface area contributed by atoms with Gasteiger partial charge in [-0.25, -0.2) is 0 Å². The van der Waals surface area contributed by atoms with Crippen LogP contribution in [0.4, 0.5) is 0 Å². The molecule has 0 radical (unpaired) electrons. The lowest BCUT2D eigenvalue weighted by Crippen LogP contribution is -2.30. The van der Waals surface area contributed by atoms with Crippen molar-refractivity contribution < 1.29 is 14.7 Å². The summed E-state index contributed by atoms with van der Waals surface area (Å²) in [6.07, 6.45) is 0.427. The van der Waals surface area contributed by atoms with Crippen molar-refractivity contribution in [3.8, 4) is 0 Å². The van der Waals surface area contributed by atoms with E-state index in [-0.39, 0.29) is 18.2 Å². The second-order valence-electron chi connectivity index (χ2n) is 3.22. The summed E-state index contributed by atoms with van der Waals surface area (Å²) in [6, 6.07) is 0. The maximum absolute atomic E-state index is 11.1. The van der Waals surface area contributed by atoms with Gasteiger partial charge in [0.2, 0.25) is 11.8 Å². The number of rotatable bonds is 6. The molecule has 1 atom stereocenters. The van der Waals surface area contributed by atoms with E-state index in [0.29, 0.717) is 19.5 Å². The summed E-state index contributed by atoms with van der Waals surface area (Å²) in [7, 11) is 0. The predicted molar refractivity (Wildman–Crippen MR) is 52.6 cm³/mol. The normalized spacial score (nSPS) is 11.9. The molecular formula is C9H18N2O3. The van der Waals surface area contributed by atoms with Crippen LogP contribution in [-0.4, -0.2) is 36.1 Å². The molecule has 0 aromatic heterocycles. The van der Waals surface area contributed by atoms with Gasteiger partial charge in [-0.15, -0.1) is 0 Å². The number of hydrogen-bond donors (Lipinski definition) is 3. The zero-order valence-corrected chi connectivity index (χ0v) is 8.67. The number of nitrogens with one attached hydrogen (secondary N) is 2. The Hall–Kier alpha value is -1.10. The number of hydrogen-bond acceptors (Lipinski definition) is 3. The lowest BCUT2D eigenvalue weighted by atomic mass is 10.3. The molecule has 0 bridgehead atoms. The van der Waals surface area contributed by atoms with E-state index in [4.69, 9.17) is 5.11 Å². The lowest BCUT2D eigenvalue weighted by Gasteiger charge is -2.06. The molecule has 0 saturated carbocycles. The molecule has 82 valence electrons. The second-order valence-corrected chi connectivity index (χ2v) is 3.22. The summed E-state index contributed by atoms with van der Waals surface area (Å²) < 4.78 is 0. The number of carbonyl (C=O) groups is 2. The molecule has 0 aliphatic carbocycles. The monoisotopic (exact) mass is 202 g/mol. The van der Waals surface area contributed by atoms with E-state index >= 15 is 0 Å². The first-order valence-electron chi connectivity index (χ1n) is 4.71. The Bertz CT molecular complexity index is 192. The molecule has 0 fully saturated rings. The van der Waals surface area contributed by atoms with Crippen LogP contribution in [0.25, 0.3) is 0 Å². The Balaban J connectivity index is 3.33. The highest BCUT2D eigenvalue weighted by molar-refractivity contribution is 5.77. The second kappa shape index (κ2) is 7.32. The largest absolute Gasteiger partial charge is 0.393 e. The van der Waals surface area contributed by atoms with Gasteiger partial charge in [-0.05, 0) is 13.3 Å². The number of amides is 2. The van der Waals surface area contributed by atoms with Crippen molar-refractivity contribution in [1.82, 2.24) is 10.6 Å². The lowest BCUT2D eigenvalue weighted by molar-refractivity contribution is -0.121. The molecule has 1 unspecified atom stereocenters. The van der Waals surface area contributed by atoms with E-state index in [2.05, 4.69) is 10.6 Å². The van der Waals surface area contributed by atoms with Crippen LogP contribution < -0.4 is 10.6 Å². The zero-order chi connectivity index (χ0) is 11.0. The number of aliphatic hydroxyl groups is 1. The molecule has 5 nitrogen and oxygen atoms in total. The van der Waals surface area contributed by atoms with Crippen molar-refractivity contribution in [2.75, 3.05) is 13.1 Å². The fourth-order valence-electron chi connectivity index (χ4n) is 0.861. The topological polar surface area (TPSA) is 78.4 Å². The average Bonchev–Trinajstić information content (AvgIpc) is 2.02. The Morgan fingerprint density at radius 1 is 1.29 bits per heavy atom. The Labute approximate surface area is 83.9 Å². The Morgan fingerprint density at radius 2 is 1.93 bits per heavy atom. The molecular weight excluding hydrogens is 184 g/mol. The van der Waals surface area contributed by atoms with Crippen LogP contribution in [0.1, 0.15) is 26.7 Å².